The molecular weight excluding hydrogens is 510 g/mol. The molecule has 0 fully saturated rings. The van der Waals surface area contributed by atoms with Crippen LogP contribution >= 0.6 is 0 Å². The standard InChI is InChI=1S/C31H51NO6Si/c1-30(2,3)37-29(35)32-26(20-23-15-17-25(36-7)18-16-23)27(38-39(8,9)31(4,5)6)21-24(28(33)34)19-22-13-11-10-12-14-22/h13,15-18,24,26-27H,10-12,14,19-21H2,1-9H3,(H,32,35)(H,33,34). The fourth-order valence-electron chi connectivity index (χ4n) is 4.56. The molecule has 2 N–H and O–H groups in total. The molecule has 3 unspecified atom stereocenters. The lowest BCUT2D eigenvalue weighted by Gasteiger charge is -2.42. The summed E-state index contributed by atoms with van der Waals surface area (Å²) in [6.07, 6.45) is 6.65. The van der Waals surface area contributed by atoms with E-state index in [9.17, 15) is 14.7 Å². The predicted octanol–water partition coefficient (Wildman–Crippen LogP) is 7.50. The average Bonchev–Trinajstić information content (AvgIpc) is 2.81. The Balaban J connectivity index is 2.47. The molecule has 7 nitrogen and oxygen atoms in total. The van der Waals surface area contributed by atoms with Crippen molar-refractivity contribution in [2.75, 3.05) is 7.11 Å². The molecule has 8 heteroatoms. The second-order valence-corrected chi connectivity index (χ2v) is 18.1. The zero-order valence-corrected chi connectivity index (χ0v) is 26.6. The molecule has 39 heavy (non-hydrogen) atoms. The van der Waals surface area contributed by atoms with E-state index in [4.69, 9.17) is 13.9 Å². The van der Waals surface area contributed by atoms with Gasteiger partial charge in [-0.05, 0) is 102 Å². The number of rotatable bonds is 12. The summed E-state index contributed by atoms with van der Waals surface area (Å²) in [5, 5.41) is 13.3. The van der Waals surface area contributed by atoms with Gasteiger partial charge in [-0.3, -0.25) is 4.79 Å². The molecule has 0 radical (unpaired) electrons. The minimum absolute atomic E-state index is 0.0908. The van der Waals surface area contributed by atoms with E-state index in [0.717, 1.165) is 37.0 Å². The van der Waals surface area contributed by atoms with Gasteiger partial charge in [0.15, 0.2) is 8.32 Å². The first-order chi connectivity index (χ1) is 18.0. The maximum absolute atomic E-state index is 13.0. The summed E-state index contributed by atoms with van der Waals surface area (Å²) in [7, 11) is -0.710. The van der Waals surface area contributed by atoms with Crippen molar-refractivity contribution in [3.63, 3.8) is 0 Å². The number of carboxylic acids is 1. The van der Waals surface area contributed by atoms with Crippen molar-refractivity contribution in [1.82, 2.24) is 5.32 Å². The predicted molar refractivity (Wildman–Crippen MR) is 159 cm³/mol. The van der Waals surface area contributed by atoms with Crippen LogP contribution in [0.5, 0.6) is 5.75 Å². The Morgan fingerprint density at radius 1 is 1.03 bits per heavy atom. The minimum atomic E-state index is -2.33. The summed E-state index contributed by atoms with van der Waals surface area (Å²) in [5.41, 5.74) is 1.54. The van der Waals surface area contributed by atoms with Gasteiger partial charge in [-0.1, -0.05) is 44.6 Å². The summed E-state index contributed by atoms with van der Waals surface area (Å²) >= 11 is 0. The zero-order valence-electron chi connectivity index (χ0n) is 25.6. The van der Waals surface area contributed by atoms with Gasteiger partial charge in [0.1, 0.15) is 11.4 Å². The Morgan fingerprint density at radius 3 is 2.15 bits per heavy atom. The highest BCUT2D eigenvalue weighted by molar-refractivity contribution is 6.74. The molecule has 1 aromatic rings. The van der Waals surface area contributed by atoms with Crippen LogP contribution in [-0.4, -0.2) is 50.3 Å². The number of hydrogen-bond donors (Lipinski definition) is 2. The third-order valence-corrected chi connectivity index (χ3v) is 12.3. The van der Waals surface area contributed by atoms with E-state index in [-0.39, 0.29) is 5.04 Å². The number of benzene rings is 1. The van der Waals surface area contributed by atoms with Gasteiger partial charge in [-0.2, -0.15) is 0 Å². The number of aliphatic carboxylic acids is 1. The average molecular weight is 562 g/mol. The third kappa shape index (κ3) is 11.0. The number of carboxylic acid groups (broad SMARTS) is 1. The Labute approximate surface area is 236 Å². The first-order valence-electron chi connectivity index (χ1n) is 14.2. The number of hydrogen-bond acceptors (Lipinski definition) is 5. The summed E-state index contributed by atoms with van der Waals surface area (Å²) in [6, 6.07) is 7.23. The number of amides is 1. The van der Waals surface area contributed by atoms with Crippen molar-refractivity contribution in [3.05, 3.63) is 41.5 Å². The topological polar surface area (TPSA) is 94.1 Å². The molecule has 1 aromatic carbocycles. The molecule has 0 aromatic heterocycles. The first kappa shape index (κ1) is 32.9. The van der Waals surface area contributed by atoms with Crippen molar-refractivity contribution in [1.29, 1.82) is 0 Å². The van der Waals surface area contributed by atoms with Gasteiger partial charge in [0.2, 0.25) is 0 Å². The van der Waals surface area contributed by atoms with Crippen LogP contribution in [0, 0.1) is 5.92 Å². The lowest BCUT2D eigenvalue weighted by atomic mass is 9.86. The third-order valence-electron chi connectivity index (χ3n) is 7.78. The maximum atomic E-state index is 13.0. The van der Waals surface area contributed by atoms with E-state index in [1.807, 2.05) is 45.0 Å². The first-order valence-corrected chi connectivity index (χ1v) is 17.1. The van der Waals surface area contributed by atoms with Crippen LogP contribution < -0.4 is 10.1 Å². The zero-order chi connectivity index (χ0) is 29.4. The van der Waals surface area contributed by atoms with E-state index in [1.54, 1.807) is 7.11 Å². The van der Waals surface area contributed by atoms with Gasteiger partial charge in [-0.15, -0.1) is 0 Å². The molecule has 220 valence electrons. The smallest absolute Gasteiger partial charge is 0.407 e. The fourth-order valence-corrected chi connectivity index (χ4v) is 5.93. The number of alkyl carbamates (subject to hydrolysis) is 1. The Kier molecular flexibility index (Phi) is 11.7. The van der Waals surface area contributed by atoms with Crippen LogP contribution in [0.15, 0.2) is 35.9 Å². The Bertz CT molecular complexity index is 974. The van der Waals surface area contributed by atoms with Crippen molar-refractivity contribution < 1.29 is 28.6 Å². The van der Waals surface area contributed by atoms with Gasteiger partial charge in [0, 0.05) is 0 Å². The van der Waals surface area contributed by atoms with Gasteiger partial charge < -0.3 is 24.3 Å². The molecule has 0 aliphatic heterocycles. The summed E-state index contributed by atoms with van der Waals surface area (Å²) in [4.78, 5) is 25.6. The van der Waals surface area contributed by atoms with Gasteiger partial charge >= 0.3 is 12.1 Å². The highest BCUT2D eigenvalue weighted by Gasteiger charge is 2.42. The lowest BCUT2D eigenvalue weighted by molar-refractivity contribution is -0.142. The Hall–Kier alpha value is -2.32. The number of carbonyl (C=O) groups excluding carboxylic acids is 1. The maximum Gasteiger partial charge on any atom is 0.407 e. The summed E-state index contributed by atoms with van der Waals surface area (Å²) in [5.74, 6) is -0.690. The molecule has 1 amide bonds. The van der Waals surface area contributed by atoms with Gasteiger partial charge in [0.05, 0.1) is 25.2 Å². The van der Waals surface area contributed by atoms with Crippen LogP contribution in [-0.2, 0) is 20.4 Å². The van der Waals surface area contributed by atoms with E-state index < -0.39 is 44.0 Å². The van der Waals surface area contributed by atoms with Gasteiger partial charge in [0.25, 0.3) is 0 Å². The van der Waals surface area contributed by atoms with Crippen LogP contribution in [0.3, 0.4) is 0 Å². The second-order valence-electron chi connectivity index (χ2n) is 13.3. The minimum Gasteiger partial charge on any atom is -0.497 e. The van der Waals surface area contributed by atoms with Crippen molar-refractivity contribution in [2.45, 2.75) is 122 Å². The number of carbonyl (C=O) groups is 2. The van der Waals surface area contributed by atoms with E-state index >= 15 is 0 Å². The molecule has 2 rings (SSSR count). The fraction of sp³-hybridized carbons (Fsp3) is 0.677. The van der Waals surface area contributed by atoms with E-state index in [0.29, 0.717) is 19.3 Å². The molecule has 0 saturated carbocycles. The normalized spacial score (nSPS) is 17.0. The van der Waals surface area contributed by atoms with Crippen LogP contribution in [0.4, 0.5) is 4.79 Å². The number of ether oxygens (including phenoxy) is 2. The van der Waals surface area contributed by atoms with Crippen molar-refractivity contribution in [2.24, 2.45) is 5.92 Å². The second kappa shape index (κ2) is 13.8. The SMILES string of the molecule is COc1ccc(CC(NC(=O)OC(C)(C)C)C(CC(CC2=CCCCC2)C(=O)O)O[Si](C)(C)C(C)(C)C)cc1. The van der Waals surface area contributed by atoms with Crippen molar-refractivity contribution >= 4 is 20.4 Å². The highest BCUT2D eigenvalue weighted by atomic mass is 28.4. The van der Waals surface area contributed by atoms with Crippen molar-refractivity contribution in [3.8, 4) is 5.75 Å². The number of nitrogens with one attached hydrogen (secondary N) is 1. The summed E-state index contributed by atoms with van der Waals surface area (Å²) in [6.45, 7) is 16.3. The monoisotopic (exact) mass is 561 g/mol. The molecule has 0 heterocycles. The van der Waals surface area contributed by atoms with E-state index in [1.165, 1.54) is 5.57 Å². The lowest BCUT2D eigenvalue weighted by Crippen LogP contribution is -2.54. The largest absolute Gasteiger partial charge is 0.497 e. The quantitative estimate of drug-likeness (QED) is 0.203. The highest BCUT2D eigenvalue weighted by Crippen LogP contribution is 2.39. The molecule has 1 aliphatic carbocycles. The molecule has 0 bridgehead atoms. The van der Waals surface area contributed by atoms with Crippen LogP contribution in [0.2, 0.25) is 18.1 Å². The molecular formula is C31H51NO6Si. The number of methoxy groups -OCH3 is 1. The molecule has 1 aliphatic rings. The molecule has 0 spiro atoms. The summed E-state index contributed by atoms with van der Waals surface area (Å²) < 4.78 is 17.9. The molecule has 0 saturated heterocycles. The Morgan fingerprint density at radius 2 is 1.67 bits per heavy atom. The van der Waals surface area contributed by atoms with Crippen LogP contribution in [0.25, 0.3) is 0 Å². The molecule has 3 atom stereocenters. The van der Waals surface area contributed by atoms with E-state index in [2.05, 4.69) is 45.3 Å². The van der Waals surface area contributed by atoms with Gasteiger partial charge in [-0.25, -0.2) is 4.79 Å². The number of allylic oxidation sites excluding steroid dienone is 2. The van der Waals surface area contributed by atoms with Crippen LogP contribution in [0.1, 0.15) is 85.6 Å².